The van der Waals surface area contributed by atoms with Gasteiger partial charge in [0.25, 0.3) is 5.91 Å². The first-order valence-electron chi connectivity index (χ1n) is 7.26. The predicted octanol–water partition coefficient (Wildman–Crippen LogP) is 2.26. The third-order valence-electron chi connectivity index (χ3n) is 3.91. The summed E-state index contributed by atoms with van der Waals surface area (Å²) in [6.45, 7) is 4.14. The zero-order valence-electron chi connectivity index (χ0n) is 12.5. The first-order valence-corrected chi connectivity index (χ1v) is 7.26. The minimum absolute atomic E-state index is 0.0921. The lowest BCUT2D eigenvalue weighted by Gasteiger charge is -2.33. The van der Waals surface area contributed by atoms with Crippen LogP contribution in [0.15, 0.2) is 18.2 Å². The summed E-state index contributed by atoms with van der Waals surface area (Å²) in [6, 6.07) is 5.04. The molecule has 114 valence electrons. The minimum Gasteiger partial charge on any atom is -0.507 e. The fraction of sp³-hybridized carbons (Fsp3) is 0.500. The number of likely N-dealkylation sites (tertiary alicyclic amines) is 1. The molecule has 1 N–H and O–H groups in total. The van der Waals surface area contributed by atoms with E-state index in [2.05, 4.69) is 0 Å². The van der Waals surface area contributed by atoms with Gasteiger partial charge in [-0.1, -0.05) is 12.1 Å². The maximum atomic E-state index is 12.1. The number of aryl methyl sites for hydroxylation is 1. The summed E-state index contributed by atoms with van der Waals surface area (Å²) in [7, 11) is 0. The average Bonchev–Trinajstić information content (AvgIpc) is 2.47. The topological polar surface area (TPSA) is 66.8 Å². The number of hydrogen-bond donors (Lipinski definition) is 1. The molecule has 5 nitrogen and oxygen atoms in total. The summed E-state index contributed by atoms with van der Waals surface area (Å²) in [4.78, 5) is 25.8. The number of para-hydroxylation sites is 1. The zero-order chi connectivity index (χ0) is 15.4. The molecular weight excluding hydrogens is 270 g/mol. The molecule has 1 aromatic rings. The van der Waals surface area contributed by atoms with E-state index < -0.39 is 5.97 Å². The van der Waals surface area contributed by atoms with Gasteiger partial charge in [0.15, 0.2) is 6.61 Å². The highest BCUT2D eigenvalue weighted by atomic mass is 16.5. The number of amides is 1. The maximum absolute atomic E-state index is 12.1. The van der Waals surface area contributed by atoms with Crippen LogP contribution in [-0.4, -0.2) is 41.1 Å². The number of carbonyl (C=O) groups is 2. The molecular formula is C16H21NO4. The summed E-state index contributed by atoms with van der Waals surface area (Å²) in [6.07, 6.45) is 3.10. The second-order valence-corrected chi connectivity index (χ2v) is 5.48. The van der Waals surface area contributed by atoms with Gasteiger partial charge in [-0.15, -0.1) is 0 Å². The third-order valence-corrected chi connectivity index (χ3v) is 3.91. The summed E-state index contributed by atoms with van der Waals surface area (Å²) in [5.74, 6) is -0.946. The smallest absolute Gasteiger partial charge is 0.342 e. The molecule has 1 fully saturated rings. The number of ether oxygens (including phenoxy) is 1. The Balaban J connectivity index is 1.94. The van der Waals surface area contributed by atoms with E-state index in [1.54, 1.807) is 24.0 Å². The van der Waals surface area contributed by atoms with Crippen molar-refractivity contribution in [1.82, 2.24) is 4.90 Å². The van der Waals surface area contributed by atoms with Gasteiger partial charge in [0, 0.05) is 12.6 Å². The highest BCUT2D eigenvalue weighted by molar-refractivity contribution is 5.94. The Morgan fingerprint density at radius 2 is 2.14 bits per heavy atom. The lowest BCUT2D eigenvalue weighted by molar-refractivity contribution is -0.137. The van der Waals surface area contributed by atoms with Gasteiger partial charge in [-0.3, -0.25) is 4.79 Å². The molecule has 1 atom stereocenters. The first kappa shape index (κ1) is 15.4. The van der Waals surface area contributed by atoms with Gasteiger partial charge in [0.05, 0.1) is 0 Å². The monoisotopic (exact) mass is 291 g/mol. The number of phenols is 1. The zero-order valence-corrected chi connectivity index (χ0v) is 12.5. The van der Waals surface area contributed by atoms with E-state index in [1.807, 2.05) is 6.92 Å². The molecule has 1 aliphatic heterocycles. The first-order chi connectivity index (χ1) is 10.0. The number of piperidine rings is 1. The van der Waals surface area contributed by atoms with Crippen molar-refractivity contribution in [1.29, 1.82) is 0 Å². The molecule has 0 bridgehead atoms. The Labute approximate surface area is 124 Å². The van der Waals surface area contributed by atoms with Crippen molar-refractivity contribution in [3.05, 3.63) is 29.3 Å². The standard InChI is InChI=1S/C16H21NO4/c1-11-6-5-8-13(15(11)19)16(20)21-10-14(18)17-9-4-3-7-12(17)2/h5-6,8,12,19H,3-4,7,9-10H2,1-2H3/t12-/m1/s1. The lowest BCUT2D eigenvalue weighted by atomic mass is 10.0. The lowest BCUT2D eigenvalue weighted by Crippen LogP contribution is -2.44. The van der Waals surface area contributed by atoms with Crippen LogP contribution in [0.2, 0.25) is 0 Å². The highest BCUT2D eigenvalue weighted by Crippen LogP contribution is 2.22. The number of rotatable bonds is 3. The van der Waals surface area contributed by atoms with Crippen LogP contribution in [0.1, 0.15) is 42.1 Å². The van der Waals surface area contributed by atoms with E-state index in [0.29, 0.717) is 12.1 Å². The molecule has 1 aromatic carbocycles. The minimum atomic E-state index is -0.672. The molecule has 0 spiro atoms. The van der Waals surface area contributed by atoms with E-state index in [-0.39, 0.29) is 29.9 Å². The van der Waals surface area contributed by atoms with Gasteiger partial charge in [-0.05, 0) is 44.7 Å². The summed E-state index contributed by atoms with van der Waals surface area (Å²) in [5.41, 5.74) is 0.690. The van der Waals surface area contributed by atoms with E-state index in [0.717, 1.165) is 19.3 Å². The van der Waals surface area contributed by atoms with Crippen LogP contribution in [0.4, 0.5) is 0 Å². The third kappa shape index (κ3) is 3.54. The van der Waals surface area contributed by atoms with Crippen LogP contribution in [0.5, 0.6) is 5.75 Å². The van der Waals surface area contributed by atoms with Crippen molar-refractivity contribution >= 4 is 11.9 Å². The van der Waals surface area contributed by atoms with Crippen LogP contribution >= 0.6 is 0 Å². The molecule has 1 aliphatic rings. The SMILES string of the molecule is Cc1cccc(C(=O)OCC(=O)N2CCCC[C@H]2C)c1O. The maximum Gasteiger partial charge on any atom is 0.342 e. The number of benzene rings is 1. The van der Waals surface area contributed by atoms with Crippen LogP contribution in [0.25, 0.3) is 0 Å². The van der Waals surface area contributed by atoms with Gasteiger partial charge >= 0.3 is 5.97 Å². The molecule has 0 aliphatic carbocycles. The summed E-state index contributed by atoms with van der Waals surface area (Å²) in [5, 5.41) is 9.83. The van der Waals surface area contributed by atoms with Gasteiger partial charge in [-0.2, -0.15) is 0 Å². The number of hydrogen-bond acceptors (Lipinski definition) is 4. The number of nitrogens with zero attached hydrogens (tertiary/aromatic N) is 1. The fourth-order valence-electron chi connectivity index (χ4n) is 2.58. The van der Waals surface area contributed by atoms with E-state index >= 15 is 0 Å². The summed E-state index contributed by atoms with van der Waals surface area (Å²) >= 11 is 0. The molecule has 0 radical (unpaired) electrons. The van der Waals surface area contributed by atoms with Crippen molar-refractivity contribution in [2.45, 2.75) is 39.2 Å². The van der Waals surface area contributed by atoms with Gasteiger partial charge < -0.3 is 14.7 Å². The van der Waals surface area contributed by atoms with Crippen molar-refractivity contribution in [3.63, 3.8) is 0 Å². The van der Waals surface area contributed by atoms with Crippen molar-refractivity contribution in [2.24, 2.45) is 0 Å². The van der Waals surface area contributed by atoms with Crippen LogP contribution in [0, 0.1) is 6.92 Å². The predicted molar refractivity (Wildman–Crippen MR) is 78.2 cm³/mol. The second-order valence-electron chi connectivity index (χ2n) is 5.48. The number of carbonyl (C=O) groups excluding carboxylic acids is 2. The highest BCUT2D eigenvalue weighted by Gasteiger charge is 2.24. The quantitative estimate of drug-likeness (QED) is 0.867. The van der Waals surface area contributed by atoms with Gasteiger partial charge in [0.2, 0.25) is 0 Å². The van der Waals surface area contributed by atoms with E-state index in [4.69, 9.17) is 4.74 Å². The normalized spacial score (nSPS) is 18.4. The Hall–Kier alpha value is -2.04. The molecule has 1 heterocycles. The van der Waals surface area contributed by atoms with Crippen molar-refractivity contribution < 1.29 is 19.4 Å². The van der Waals surface area contributed by atoms with E-state index in [1.165, 1.54) is 6.07 Å². The van der Waals surface area contributed by atoms with Crippen LogP contribution in [-0.2, 0) is 9.53 Å². The Morgan fingerprint density at radius 1 is 1.38 bits per heavy atom. The largest absolute Gasteiger partial charge is 0.507 e. The molecule has 1 saturated heterocycles. The molecule has 2 rings (SSSR count). The Bertz CT molecular complexity index is 541. The molecule has 0 unspecified atom stereocenters. The average molecular weight is 291 g/mol. The van der Waals surface area contributed by atoms with Gasteiger partial charge in [0.1, 0.15) is 11.3 Å². The number of phenolic OH excluding ortho intramolecular Hbond substituents is 1. The van der Waals surface area contributed by atoms with E-state index in [9.17, 15) is 14.7 Å². The number of aromatic hydroxyl groups is 1. The fourth-order valence-corrected chi connectivity index (χ4v) is 2.58. The van der Waals surface area contributed by atoms with Crippen molar-refractivity contribution in [3.8, 4) is 5.75 Å². The van der Waals surface area contributed by atoms with Crippen LogP contribution < -0.4 is 0 Å². The number of esters is 1. The van der Waals surface area contributed by atoms with Crippen molar-refractivity contribution in [2.75, 3.05) is 13.2 Å². The van der Waals surface area contributed by atoms with Crippen LogP contribution in [0.3, 0.4) is 0 Å². The molecule has 21 heavy (non-hydrogen) atoms. The molecule has 0 aromatic heterocycles. The second kappa shape index (κ2) is 6.61. The Morgan fingerprint density at radius 3 is 2.86 bits per heavy atom. The molecule has 5 heteroatoms. The van der Waals surface area contributed by atoms with Gasteiger partial charge in [-0.25, -0.2) is 4.79 Å². The Kier molecular flexibility index (Phi) is 4.83. The molecule has 1 amide bonds. The summed E-state index contributed by atoms with van der Waals surface area (Å²) < 4.78 is 5.04. The molecule has 0 saturated carbocycles.